The summed E-state index contributed by atoms with van der Waals surface area (Å²) in [7, 11) is 0. The molecule has 1 aliphatic rings. The van der Waals surface area contributed by atoms with E-state index in [1.807, 2.05) is 35.3 Å². The molecule has 2 rings (SSSR count). The van der Waals surface area contributed by atoms with E-state index in [0.717, 1.165) is 18.4 Å². The van der Waals surface area contributed by atoms with E-state index in [-0.39, 0.29) is 10.1 Å². The number of hydrogen-bond acceptors (Lipinski definition) is 4. The molecule has 1 amide bonds. The van der Waals surface area contributed by atoms with Gasteiger partial charge in [0.1, 0.15) is 0 Å². The maximum Gasteiger partial charge on any atom is 0.270 e. The van der Waals surface area contributed by atoms with Gasteiger partial charge in [0.25, 0.3) is 5.91 Å². The average molecular weight is 325 g/mol. The summed E-state index contributed by atoms with van der Waals surface area (Å²) in [5, 5.41) is 1.85. The molecule has 1 fully saturated rings. The van der Waals surface area contributed by atoms with Crippen LogP contribution in [0.4, 0.5) is 0 Å². The molecule has 1 N–H and O–H groups in total. The van der Waals surface area contributed by atoms with Crippen LogP contribution in [-0.4, -0.2) is 33.7 Å². The number of carbonyl (C=O) groups excluding carboxylic acids is 1. The van der Waals surface area contributed by atoms with Crippen LogP contribution in [0.25, 0.3) is 0 Å². The van der Waals surface area contributed by atoms with Crippen LogP contribution >= 0.6 is 23.5 Å². The Hall–Kier alpha value is -0.650. The monoisotopic (exact) mass is 324 g/mol. The molecule has 0 saturated carbocycles. The molecule has 3 nitrogen and oxygen atoms in total. The van der Waals surface area contributed by atoms with E-state index in [1.54, 1.807) is 23.5 Å². The van der Waals surface area contributed by atoms with Crippen molar-refractivity contribution in [1.82, 2.24) is 10.4 Å². The highest BCUT2D eigenvalue weighted by Gasteiger charge is 2.47. The second-order valence-electron chi connectivity index (χ2n) is 5.79. The molecule has 0 spiro atoms. The van der Waals surface area contributed by atoms with Gasteiger partial charge in [-0.15, -0.1) is 23.5 Å². The summed E-state index contributed by atoms with van der Waals surface area (Å²) >= 11 is 3.49. The molecule has 0 unspecified atom stereocenters. The fraction of sp³-hybridized carbons (Fsp3) is 0.562. The Bertz CT molecular complexity index is 474. The molecule has 21 heavy (non-hydrogen) atoms. The van der Waals surface area contributed by atoms with Gasteiger partial charge in [0.15, 0.2) is 4.20 Å². The van der Waals surface area contributed by atoms with E-state index in [1.165, 1.54) is 0 Å². The van der Waals surface area contributed by atoms with Gasteiger partial charge in [-0.1, -0.05) is 32.0 Å². The van der Waals surface area contributed by atoms with Gasteiger partial charge < -0.3 is 0 Å². The number of carbonyl (C=O) groups is 1. The third-order valence-electron chi connectivity index (χ3n) is 3.77. The minimum atomic E-state index is -0.216. The van der Waals surface area contributed by atoms with Gasteiger partial charge in [0.05, 0.1) is 0 Å². The summed E-state index contributed by atoms with van der Waals surface area (Å²) < 4.78 is -0.216. The smallest absolute Gasteiger partial charge is 0.268 e. The summed E-state index contributed by atoms with van der Waals surface area (Å²) in [6.07, 6.45) is 6.23. The minimum absolute atomic E-state index is 0.0607. The molecule has 116 valence electrons. The zero-order valence-corrected chi connectivity index (χ0v) is 14.8. The van der Waals surface area contributed by atoms with E-state index < -0.39 is 0 Å². The first kappa shape index (κ1) is 16.7. The van der Waals surface area contributed by atoms with Gasteiger partial charge in [-0.3, -0.25) is 4.79 Å². The molecule has 0 aliphatic carbocycles. The molecule has 0 aromatic heterocycles. The summed E-state index contributed by atoms with van der Waals surface area (Å²) in [5.41, 5.74) is 4.19. The number of hydrazine groups is 1. The topological polar surface area (TPSA) is 32.3 Å². The van der Waals surface area contributed by atoms with Crippen LogP contribution in [0.5, 0.6) is 0 Å². The Balaban J connectivity index is 2.24. The molecule has 5 heteroatoms. The summed E-state index contributed by atoms with van der Waals surface area (Å²) in [4.78, 5) is 12.8. The SMILES string of the molecule is CSC1(SC)C[C@H](CC(C)C)NN1C(=O)c1ccccc1. The second kappa shape index (κ2) is 7.07. The van der Waals surface area contributed by atoms with Crippen LogP contribution in [0.2, 0.25) is 0 Å². The van der Waals surface area contributed by atoms with Gasteiger partial charge in [-0.2, -0.15) is 0 Å². The number of nitrogens with zero attached hydrogens (tertiary/aromatic N) is 1. The summed E-state index contributed by atoms with van der Waals surface area (Å²) in [6.45, 7) is 4.45. The van der Waals surface area contributed by atoms with Gasteiger partial charge in [-0.05, 0) is 37.0 Å². The first-order chi connectivity index (χ1) is 10.0. The zero-order valence-electron chi connectivity index (χ0n) is 13.1. The summed E-state index contributed by atoms with van der Waals surface area (Å²) in [5.74, 6) is 0.682. The van der Waals surface area contributed by atoms with Crippen molar-refractivity contribution in [3.63, 3.8) is 0 Å². The first-order valence-electron chi connectivity index (χ1n) is 7.28. The Morgan fingerprint density at radius 3 is 2.48 bits per heavy atom. The van der Waals surface area contributed by atoms with E-state index in [2.05, 4.69) is 31.8 Å². The van der Waals surface area contributed by atoms with Crippen molar-refractivity contribution in [2.75, 3.05) is 12.5 Å². The number of nitrogens with one attached hydrogen (secondary N) is 1. The lowest BCUT2D eigenvalue weighted by atomic mass is 10.0. The van der Waals surface area contributed by atoms with Crippen LogP contribution in [0, 0.1) is 5.92 Å². The van der Waals surface area contributed by atoms with Gasteiger partial charge in [-0.25, -0.2) is 10.4 Å². The van der Waals surface area contributed by atoms with Crippen molar-refractivity contribution in [1.29, 1.82) is 0 Å². The maximum atomic E-state index is 12.8. The van der Waals surface area contributed by atoms with Gasteiger partial charge in [0.2, 0.25) is 0 Å². The van der Waals surface area contributed by atoms with Crippen molar-refractivity contribution in [2.24, 2.45) is 5.92 Å². The van der Waals surface area contributed by atoms with Crippen LogP contribution in [-0.2, 0) is 0 Å². The standard InChI is InChI=1S/C16H24N2OS2/c1-12(2)10-14-11-16(20-3,21-4)18(17-14)15(19)13-8-6-5-7-9-13/h5-9,12,14,17H,10-11H2,1-4H3/t14-/m0/s1. The van der Waals surface area contributed by atoms with Crippen molar-refractivity contribution in [3.05, 3.63) is 35.9 Å². The van der Waals surface area contributed by atoms with Crippen molar-refractivity contribution in [3.8, 4) is 0 Å². The molecule has 1 aromatic carbocycles. The molecule has 0 bridgehead atoms. The third-order valence-corrected chi connectivity index (χ3v) is 6.75. The Morgan fingerprint density at radius 2 is 1.95 bits per heavy atom. The van der Waals surface area contributed by atoms with Crippen molar-refractivity contribution < 1.29 is 4.79 Å². The lowest BCUT2D eigenvalue weighted by molar-refractivity contribution is 0.0672. The molecule has 1 aliphatic heterocycles. The Kier molecular flexibility index (Phi) is 5.63. The molecule has 1 saturated heterocycles. The number of amides is 1. The summed E-state index contributed by atoms with van der Waals surface area (Å²) in [6, 6.07) is 9.88. The lowest BCUT2D eigenvalue weighted by Crippen LogP contribution is -2.48. The van der Waals surface area contributed by atoms with Crippen molar-refractivity contribution >= 4 is 29.4 Å². The van der Waals surface area contributed by atoms with Gasteiger partial charge in [0, 0.05) is 18.0 Å². The Labute approximate surface area is 136 Å². The number of rotatable bonds is 5. The van der Waals surface area contributed by atoms with Gasteiger partial charge >= 0.3 is 0 Å². The number of benzene rings is 1. The quantitative estimate of drug-likeness (QED) is 0.834. The fourth-order valence-corrected chi connectivity index (χ4v) is 4.83. The predicted molar refractivity (Wildman–Crippen MR) is 93.4 cm³/mol. The lowest BCUT2D eigenvalue weighted by Gasteiger charge is -2.34. The molecule has 1 heterocycles. The van der Waals surface area contributed by atoms with Crippen LogP contribution in [0.1, 0.15) is 37.0 Å². The van der Waals surface area contributed by atoms with E-state index >= 15 is 0 Å². The molecular weight excluding hydrogens is 300 g/mol. The largest absolute Gasteiger partial charge is 0.270 e. The molecular formula is C16H24N2OS2. The van der Waals surface area contributed by atoms with Crippen LogP contribution < -0.4 is 5.43 Å². The maximum absolute atomic E-state index is 12.8. The van der Waals surface area contributed by atoms with Crippen LogP contribution in [0.3, 0.4) is 0 Å². The highest BCUT2D eigenvalue weighted by atomic mass is 32.2. The highest BCUT2D eigenvalue weighted by Crippen LogP contribution is 2.46. The fourth-order valence-electron chi connectivity index (χ4n) is 2.79. The molecule has 0 radical (unpaired) electrons. The zero-order chi connectivity index (χ0) is 15.5. The van der Waals surface area contributed by atoms with E-state index in [4.69, 9.17) is 0 Å². The number of thioether (sulfide) groups is 2. The minimum Gasteiger partial charge on any atom is -0.268 e. The molecule has 1 atom stereocenters. The average Bonchev–Trinajstić information content (AvgIpc) is 2.85. The first-order valence-corrected chi connectivity index (χ1v) is 9.73. The normalized spacial score (nSPS) is 21.0. The van der Waals surface area contributed by atoms with Crippen molar-refractivity contribution in [2.45, 2.75) is 36.9 Å². The second-order valence-corrected chi connectivity index (χ2v) is 8.21. The predicted octanol–water partition coefficient (Wildman–Crippen LogP) is 3.83. The number of hydrogen-bond donors (Lipinski definition) is 1. The van der Waals surface area contributed by atoms with Crippen LogP contribution in [0.15, 0.2) is 30.3 Å². The van der Waals surface area contributed by atoms with E-state index in [0.29, 0.717) is 12.0 Å². The Morgan fingerprint density at radius 1 is 1.33 bits per heavy atom. The van der Waals surface area contributed by atoms with E-state index in [9.17, 15) is 4.79 Å². The highest BCUT2D eigenvalue weighted by molar-refractivity contribution is 8.17. The molecule has 1 aromatic rings. The third kappa shape index (κ3) is 3.58.